The van der Waals surface area contributed by atoms with Crippen LogP contribution >= 0.6 is 0 Å². The Morgan fingerprint density at radius 2 is 1.42 bits per heavy atom. The zero-order valence-corrected chi connectivity index (χ0v) is 31.0. The average molecular weight is 812 g/mol. The van der Waals surface area contributed by atoms with Crippen LogP contribution in [0.5, 0.6) is 11.5 Å². The van der Waals surface area contributed by atoms with Gasteiger partial charge in [0.2, 0.25) is 0 Å². The Labute approximate surface area is 297 Å². The van der Waals surface area contributed by atoms with Crippen molar-refractivity contribution in [1.29, 1.82) is 0 Å². The van der Waals surface area contributed by atoms with Crippen LogP contribution in [0.1, 0.15) is 73.2 Å². The van der Waals surface area contributed by atoms with Crippen molar-refractivity contribution in [2.75, 3.05) is 0 Å². The zero-order chi connectivity index (χ0) is 33.0. The first-order chi connectivity index (χ1) is 22.6. The Morgan fingerprint density at radius 1 is 0.688 bits per heavy atom. The standard InChI is InChI=1S/C42H40N4O.Pt/c1-25(2)34-13-11-14-35(26(3)4)42(34)41-29(7)44-46(30(41)8)31-20-28(6)21-33(23-31)47-32-16-17-37-36-12-9-10-15-38(36)45(39(37)24-32)40-22-27(5)18-19-43-40;/h9-22,25-26H,1-8H3;/q-2;+2. The van der Waals surface area contributed by atoms with E-state index in [-0.39, 0.29) is 21.1 Å². The molecule has 0 unspecified atom stereocenters. The molecule has 0 aliphatic rings. The van der Waals surface area contributed by atoms with E-state index in [1.54, 1.807) is 0 Å². The van der Waals surface area contributed by atoms with E-state index in [0.717, 1.165) is 55.8 Å². The van der Waals surface area contributed by atoms with Crippen molar-refractivity contribution in [2.45, 2.75) is 67.2 Å². The van der Waals surface area contributed by atoms with Gasteiger partial charge in [-0.25, -0.2) is 4.98 Å². The van der Waals surface area contributed by atoms with E-state index in [1.165, 1.54) is 22.3 Å². The third-order valence-corrected chi connectivity index (χ3v) is 9.02. The van der Waals surface area contributed by atoms with Gasteiger partial charge in [0, 0.05) is 34.5 Å². The zero-order valence-electron chi connectivity index (χ0n) is 28.8. The summed E-state index contributed by atoms with van der Waals surface area (Å²) in [6.07, 6.45) is 1.85. The molecular weight excluding hydrogens is 772 g/mol. The Morgan fingerprint density at radius 3 is 2.12 bits per heavy atom. The van der Waals surface area contributed by atoms with Crippen molar-refractivity contribution in [3.05, 3.63) is 131 Å². The van der Waals surface area contributed by atoms with E-state index >= 15 is 0 Å². The molecule has 3 heterocycles. The molecule has 0 N–H and O–H groups in total. The van der Waals surface area contributed by atoms with Crippen LogP contribution in [0.3, 0.4) is 0 Å². The van der Waals surface area contributed by atoms with E-state index in [4.69, 9.17) is 14.8 Å². The van der Waals surface area contributed by atoms with Gasteiger partial charge >= 0.3 is 21.1 Å². The third-order valence-electron chi connectivity index (χ3n) is 9.02. The van der Waals surface area contributed by atoms with Crippen LogP contribution in [-0.2, 0) is 21.1 Å². The molecule has 0 aliphatic heterocycles. The number of benzene rings is 4. The summed E-state index contributed by atoms with van der Waals surface area (Å²) >= 11 is 0. The number of aromatic nitrogens is 4. The largest absolute Gasteiger partial charge is 2.00 e. The molecule has 0 amide bonds. The quantitative estimate of drug-likeness (QED) is 0.151. The second-order valence-electron chi connectivity index (χ2n) is 13.2. The van der Waals surface area contributed by atoms with Crippen molar-refractivity contribution in [3.63, 3.8) is 0 Å². The van der Waals surface area contributed by atoms with Crippen LogP contribution in [0.25, 0.3) is 44.4 Å². The molecule has 48 heavy (non-hydrogen) atoms. The molecule has 0 saturated heterocycles. The first-order valence-corrected chi connectivity index (χ1v) is 16.4. The molecule has 5 nitrogen and oxygen atoms in total. The molecule has 7 rings (SSSR count). The van der Waals surface area contributed by atoms with Crippen molar-refractivity contribution in [1.82, 2.24) is 19.3 Å². The van der Waals surface area contributed by atoms with Crippen LogP contribution in [0.2, 0.25) is 0 Å². The summed E-state index contributed by atoms with van der Waals surface area (Å²) in [7, 11) is 0. The fraction of sp³-hybridized carbons (Fsp3) is 0.238. The van der Waals surface area contributed by atoms with Crippen molar-refractivity contribution >= 4 is 21.8 Å². The Balaban J connectivity index is 0.00000401. The molecule has 0 saturated carbocycles. The van der Waals surface area contributed by atoms with Gasteiger partial charge in [-0.2, -0.15) is 16.7 Å². The normalized spacial score (nSPS) is 11.5. The summed E-state index contributed by atoms with van der Waals surface area (Å²) < 4.78 is 10.7. The van der Waals surface area contributed by atoms with E-state index in [1.807, 2.05) is 29.1 Å². The Bertz CT molecular complexity index is 2270. The molecule has 7 aromatic rings. The van der Waals surface area contributed by atoms with Gasteiger partial charge in [-0.15, -0.1) is 35.7 Å². The molecule has 6 heteroatoms. The molecule has 0 spiro atoms. The van der Waals surface area contributed by atoms with Crippen LogP contribution < -0.4 is 4.74 Å². The topological polar surface area (TPSA) is 44.9 Å². The Hall–Kier alpha value is -4.47. The van der Waals surface area contributed by atoms with Gasteiger partial charge in [-0.3, -0.25) is 4.68 Å². The number of para-hydroxylation sites is 1. The van der Waals surface area contributed by atoms with E-state index in [2.05, 4.69) is 133 Å². The van der Waals surface area contributed by atoms with Gasteiger partial charge in [0.25, 0.3) is 0 Å². The minimum absolute atomic E-state index is 0. The van der Waals surface area contributed by atoms with Crippen LogP contribution in [0.4, 0.5) is 0 Å². The van der Waals surface area contributed by atoms with Gasteiger partial charge in [0.05, 0.1) is 5.69 Å². The second-order valence-corrected chi connectivity index (χ2v) is 13.2. The maximum atomic E-state index is 6.52. The van der Waals surface area contributed by atoms with Gasteiger partial charge < -0.3 is 9.30 Å². The first kappa shape index (κ1) is 33.4. The number of nitrogens with zero attached hydrogens (tertiary/aromatic N) is 4. The smallest absolute Gasteiger partial charge is 0.509 e. The predicted molar refractivity (Wildman–Crippen MR) is 192 cm³/mol. The van der Waals surface area contributed by atoms with Gasteiger partial charge in [0.15, 0.2) is 0 Å². The third kappa shape index (κ3) is 5.90. The molecule has 0 radical (unpaired) electrons. The number of rotatable bonds is 7. The van der Waals surface area contributed by atoms with Crippen LogP contribution in [-0.4, -0.2) is 19.3 Å². The van der Waals surface area contributed by atoms with Crippen molar-refractivity contribution in [3.8, 4) is 34.1 Å². The van der Waals surface area contributed by atoms with Gasteiger partial charge in [-0.1, -0.05) is 76.5 Å². The van der Waals surface area contributed by atoms with Gasteiger partial charge in [0.1, 0.15) is 5.82 Å². The minimum atomic E-state index is 0. The number of hydrogen-bond acceptors (Lipinski definition) is 3. The molecular formula is C42H40N4OPt. The van der Waals surface area contributed by atoms with E-state index < -0.39 is 0 Å². The second kappa shape index (κ2) is 13.2. The number of hydrogen-bond donors (Lipinski definition) is 0. The summed E-state index contributed by atoms with van der Waals surface area (Å²) in [5, 5.41) is 7.33. The molecule has 244 valence electrons. The fourth-order valence-electron chi connectivity index (χ4n) is 6.84. The first-order valence-electron chi connectivity index (χ1n) is 16.4. The molecule has 3 aromatic heterocycles. The average Bonchev–Trinajstić information content (AvgIpc) is 3.52. The number of fused-ring (bicyclic) bond motifs is 3. The molecule has 0 aliphatic carbocycles. The summed E-state index contributed by atoms with van der Waals surface area (Å²) in [5.74, 6) is 2.87. The molecule has 0 bridgehead atoms. The summed E-state index contributed by atoms with van der Waals surface area (Å²) in [6.45, 7) is 17.5. The van der Waals surface area contributed by atoms with E-state index in [9.17, 15) is 0 Å². The Kier molecular flexibility index (Phi) is 9.20. The van der Waals surface area contributed by atoms with Crippen molar-refractivity contribution < 1.29 is 25.8 Å². The number of pyridine rings is 1. The van der Waals surface area contributed by atoms with E-state index in [0.29, 0.717) is 23.3 Å². The summed E-state index contributed by atoms with van der Waals surface area (Å²) in [6, 6.07) is 34.5. The molecule has 4 aromatic carbocycles. The SMILES string of the molecule is Cc1cc(Oc2[c-]c3c(cc2)c2ccccc2n3-c2cc(C)ccn2)[c-]c(-n2nc(C)c(-c3c(C(C)C)cccc3C(C)C)c2C)c1.[Pt+2]. The molecule has 0 atom stereocenters. The fourth-order valence-corrected chi connectivity index (χ4v) is 6.84. The molecule has 0 fully saturated rings. The summed E-state index contributed by atoms with van der Waals surface area (Å²) in [5.41, 5.74) is 12.4. The van der Waals surface area contributed by atoms with Crippen molar-refractivity contribution in [2.24, 2.45) is 0 Å². The summed E-state index contributed by atoms with van der Waals surface area (Å²) in [4.78, 5) is 4.71. The number of aryl methyl sites for hydroxylation is 3. The number of ether oxygens (including phenoxy) is 1. The van der Waals surface area contributed by atoms with Crippen LogP contribution in [0, 0.1) is 39.8 Å². The van der Waals surface area contributed by atoms with Gasteiger partial charge in [-0.05, 0) is 84.1 Å². The monoisotopic (exact) mass is 811 g/mol. The maximum absolute atomic E-state index is 6.52. The maximum Gasteiger partial charge on any atom is 2.00 e. The van der Waals surface area contributed by atoms with Crippen LogP contribution in [0.15, 0.2) is 85.1 Å². The minimum Gasteiger partial charge on any atom is -0.509 e. The predicted octanol–water partition coefficient (Wildman–Crippen LogP) is 10.9.